The van der Waals surface area contributed by atoms with Crippen LogP contribution in [0.25, 0.3) is 0 Å². The van der Waals surface area contributed by atoms with E-state index >= 15 is 0 Å². The van der Waals surface area contributed by atoms with Gasteiger partial charge in [0.15, 0.2) is 0 Å². The maximum Gasteiger partial charge on any atom is 0.245 e. The van der Waals surface area contributed by atoms with Crippen LogP contribution in [-0.4, -0.2) is 38.5 Å². The van der Waals surface area contributed by atoms with Crippen molar-refractivity contribution in [3.05, 3.63) is 25.3 Å². The van der Waals surface area contributed by atoms with Crippen molar-refractivity contribution in [1.29, 1.82) is 0 Å². The first-order valence-corrected chi connectivity index (χ1v) is 5.66. The van der Waals surface area contributed by atoms with Crippen molar-refractivity contribution in [3.63, 3.8) is 0 Å². The van der Waals surface area contributed by atoms with E-state index in [0.717, 1.165) is 12.8 Å². The van der Waals surface area contributed by atoms with Crippen molar-refractivity contribution in [2.75, 3.05) is 26.7 Å². The molecule has 0 aliphatic carbocycles. The fraction of sp³-hybridized carbons (Fsp3) is 0.500. The number of carbonyl (C=O) groups excluding carboxylic acids is 2. The van der Waals surface area contributed by atoms with Crippen molar-refractivity contribution < 1.29 is 19.1 Å². The molecule has 0 aliphatic heterocycles. The van der Waals surface area contributed by atoms with Gasteiger partial charge in [-0.25, -0.2) is 0 Å². The Morgan fingerprint density at radius 1 is 0.889 bits per heavy atom. The third-order valence-electron chi connectivity index (χ3n) is 1.90. The smallest absolute Gasteiger partial charge is 0.245 e. The van der Waals surface area contributed by atoms with Crippen LogP contribution in [0.4, 0.5) is 0 Å². The number of carbonyl (C=O) groups is 2. The molecule has 0 heterocycles. The maximum absolute atomic E-state index is 10.7. The molecule has 0 aromatic rings. The van der Waals surface area contributed by atoms with Crippen LogP contribution in [0.15, 0.2) is 25.3 Å². The van der Waals surface area contributed by atoms with Crippen molar-refractivity contribution >= 4 is 11.8 Å². The predicted octanol–water partition coefficient (Wildman–Crippen LogP) is 0.319. The minimum Gasteiger partial charge on any atom is -0.361 e. The first-order chi connectivity index (χ1) is 8.70. The highest BCUT2D eigenvalue weighted by Crippen LogP contribution is 1.90. The molecule has 0 saturated carbocycles. The quantitative estimate of drug-likeness (QED) is 0.317. The molecule has 0 aliphatic rings. The van der Waals surface area contributed by atoms with Gasteiger partial charge in [0.1, 0.15) is 13.5 Å². The fourth-order valence-electron chi connectivity index (χ4n) is 0.941. The van der Waals surface area contributed by atoms with Crippen molar-refractivity contribution in [2.24, 2.45) is 0 Å². The van der Waals surface area contributed by atoms with Gasteiger partial charge in [-0.15, -0.1) is 0 Å². The van der Waals surface area contributed by atoms with Crippen LogP contribution in [-0.2, 0) is 19.1 Å². The van der Waals surface area contributed by atoms with E-state index in [2.05, 4.69) is 23.8 Å². The summed E-state index contributed by atoms with van der Waals surface area (Å²) >= 11 is 0. The summed E-state index contributed by atoms with van der Waals surface area (Å²) in [6.07, 6.45) is 4.02. The van der Waals surface area contributed by atoms with Gasteiger partial charge >= 0.3 is 0 Å². The molecule has 0 radical (unpaired) electrons. The van der Waals surface area contributed by atoms with E-state index in [1.807, 2.05) is 0 Å². The number of hydrogen-bond acceptors (Lipinski definition) is 4. The molecule has 18 heavy (non-hydrogen) atoms. The predicted molar refractivity (Wildman–Crippen MR) is 67.6 cm³/mol. The van der Waals surface area contributed by atoms with Crippen LogP contribution < -0.4 is 10.6 Å². The standard InChI is InChI=1S/C12H20N2O4/c1-3-11(15)13-9-17-7-5-6-8-18-10-14-12(16)4-2/h3-4H,1-2,5-10H2,(H,13,15)(H,14,16). The number of amides is 2. The average molecular weight is 256 g/mol. The second-order valence-electron chi connectivity index (χ2n) is 3.30. The molecule has 6 heteroatoms. The molecule has 0 fully saturated rings. The summed E-state index contributed by atoms with van der Waals surface area (Å²) in [5, 5.41) is 4.99. The van der Waals surface area contributed by atoms with Gasteiger partial charge in [0, 0.05) is 13.2 Å². The Morgan fingerprint density at radius 2 is 1.28 bits per heavy atom. The Labute approximate surface area is 107 Å². The zero-order valence-electron chi connectivity index (χ0n) is 10.4. The summed E-state index contributed by atoms with van der Waals surface area (Å²) < 4.78 is 10.3. The second kappa shape index (κ2) is 11.8. The van der Waals surface area contributed by atoms with Gasteiger partial charge < -0.3 is 20.1 Å². The van der Waals surface area contributed by atoms with Crippen LogP contribution in [0.2, 0.25) is 0 Å². The molecule has 2 amide bonds. The molecule has 0 rings (SSSR count). The normalized spacial score (nSPS) is 9.56. The summed E-state index contributed by atoms with van der Waals surface area (Å²) in [6, 6.07) is 0. The van der Waals surface area contributed by atoms with Crippen LogP contribution >= 0.6 is 0 Å². The third kappa shape index (κ3) is 10.8. The van der Waals surface area contributed by atoms with Gasteiger partial charge in [-0.05, 0) is 25.0 Å². The number of rotatable bonds is 11. The highest BCUT2D eigenvalue weighted by atomic mass is 16.5. The summed E-state index contributed by atoms with van der Waals surface area (Å²) in [5.41, 5.74) is 0. The third-order valence-corrected chi connectivity index (χ3v) is 1.90. The second-order valence-corrected chi connectivity index (χ2v) is 3.30. The molecule has 0 unspecified atom stereocenters. The molecule has 6 nitrogen and oxygen atoms in total. The summed E-state index contributed by atoms with van der Waals surface area (Å²) in [6.45, 7) is 8.08. The van der Waals surface area contributed by atoms with Gasteiger partial charge in [-0.1, -0.05) is 13.2 Å². The van der Waals surface area contributed by atoms with E-state index < -0.39 is 0 Å². The lowest BCUT2D eigenvalue weighted by Crippen LogP contribution is -2.24. The zero-order chi connectivity index (χ0) is 13.6. The maximum atomic E-state index is 10.7. The molecule has 0 aromatic carbocycles. The fourth-order valence-corrected chi connectivity index (χ4v) is 0.941. The molecular weight excluding hydrogens is 236 g/mol. The Kier molecular flexibility index (Phi) is 10.7. The van der Waals surface area contributed by atoms with E-state index in [0.29, 0.717) is 13.2 Å². The Balaban J connectivity index is 3.12. The SMILES string of the molecule is C=CC(=O)NCOCCCCOCNC(=O)C=C. The van der Waals surface area contributed by atoms with Gasteiger partial charge in [0.05, 0.1) is 0 Å². The van der Waals surface area contributed by atoms with Gasteiger partial charge in [-0.3, -0.25) is 9.59 Å². The highest BCUT2D eigenvalue weighted by Gasteiger charge is 1.94. The summed E-state index contributed by atoms with van der Waals surface area (Å²) in [4.78, 5) is 21.5. The first kappa shape index (κ1) is 16.3. The molecule has 0 spiro atoms. The lowest BCUT2D eigenvalue weighted by Gasteiger charge is -2.06. The first-order valence-electron chi connectivity index (χ1n) is 5.66. The van der Waals surface area contributed by atoms with E-state index in [-0.39, 0.29) is 25.3 Å². The van der Waals surface area contributed by atoms with Gasteiger partial charge in [0.2, 0.25) is 11.8 Å². The van der Waals surface area contributed by atoms with Crippen molar-refractivity contribution in [3.8, 4) is 0 Å². The monoisotopic (exact) mass is 256 g/mol. The van der Waals surface area contributed by atoms with E-state index in [1.165, 1.54) is 12.2 Å². The van der Waals surface area contributed by atoms with Gasteiger partial charge in [0.25, 0.3) is 0 Å². The summed E-state index contributed by atoms with van der Waals surface area (Å²) in [5.74, 6) is -0.507. The Bertz CT molecular complexity index is 251. The molecule has 0 saturated heterocycles. The number of unbranched alkanes of at least 4 members (excludes halogenated alkanes) is 1. The number of hydrogen-bond donors (Lipinski definition) is 2. The van der Waals surface area contributed by atoms with E-state index in [1.54, 1.807) is 0 Å². The Hall–Kier alpha value is -1.66. The molecule has 0 atom stereocenters. The van der Waals surface area contributed by atoms with E-state index in [9.17, 15) is 9.59 Å². The molecular formula is C12H20N2O4. The zero-order valence-corrected chi connectivity index (χ0v) is 10.4. The molecule has 102 valence electrons. The van der Waals surface area contributed by atoms with Crippen LogP contribution in [0.1, 0.15) is 12.8 Å². The van der Waals surface area contributed by atoms with Crippen LogP contribution in [0.5, 0.6) is 0 Å². The molecule has 2 N–H and O–H groups in total. The number of nitrogens with one attached hydrogen (secondary N) is 2. The summed E-state index contributed by atoms with van der Waals surface area (Å²) in [7, 11) is 0. The largest absolute Gasteiger partial charge is 0.361 e. The molecule has 0 bridgehead atoms. The average Bonchev–Trinajstić information content (AvgIpc) is 2.40. The van der Waals surface area contributed by atoms with Crippen molar-refractivity contribution in [1.82, 2.24) is 10.6 Å². The Morgan fingerprint density at radius 3 is 1.61 bits per heavy atom. The van der Waals surface area contributed by atoms with Gasteiger partial charge in [-0.2, -0.15) is 0 Å². The van der Waals surface area contributed by atoms with Crippen LogP contribution in [0, 0.1) is 0 Å². The van der Waals surface area contributed by atoms with E-state index in [4.69, 9.17) is 9.47 Å². The lowest BCUT2D eigenvalue weighted by molar-refractivity contribution is -0.119. The minimum absolute atomic E-state index is 0.182. The lowest BCUT2D eigenvalue weighted by atomic mass is 10.3. The topological polar surface area (TPSA) is 76.7 Å². The minimum atomic E-state index is -0.253. The highest BCUT2D eigenvalue weighted by molar-refractivity contribution is 5.86. The molecule has 0 aromatic heterocycles. The van der Waals surface area contributed by atoms with Crippen LogP contribution in [0.3, 0.4) is 0 Å². The van der Waals surface area contributed by atoms with Crippen molar-refractivity contribution in [2.45, 2.75) is 12.8 Å². The number of ether oxygens (including phenoxy) is 2.